The maximum Gasteiger partial charge on any atom is 0.337 e. The molecule has 0 radical (unpaired) electrons. The summed E-state index contributed by atoms with van der Waals surface area (Å²) < 4.78 is 17.8. The highest BCUT2D eigenvalue weighted by Gasteiger charge is 2.44. The van der Waals surface area contributed by atoms with Crippen LogP contribution in [-0.2, 0) is 14.3 Å². The van der Waals surface area contributed by atoms with E-state index in [9.17, 15) is 9.59 Å². The molecular formula is C25H28BrNO5. The number of carbonyl (C=O) groups excluding carboxylic acids is 2. The maximum atomic E-state index is 13.5. The van der Waals surface area contributed by atoms with Crippen molar-refractivity contribution in [1.82, 2.24) is 5.32 Å². The van der Waals surface area contributed by atoms with E-state index in [4.69, 9.17) is 14.2 Å². The molecule has 2 aliphatic carbocycles. The molecule has 0 bridgehead atoms. The van der Waals surface area contributed by atoms with E-state index in [1.54, 1.807) is 0 Å². The molecule has 1 N–H and O–H groups in total. The van der Waals surface area contributed by atoms with Crippen LogP contribution in [0.2, 0.25) is 0 Å². The van der Waals surface area contributed by atoms with Gasteiger partial charge in [-0.15, -0.1) is 0 Å². The van der Waals surface area contributed by atoms with Gasteiger partial charge in [-0.2, -0.15) is 0 Å². The highest BCUT2D eigenvalue weighted by atomic mass is 79.9. The summed E-state index contributed by atoms with van der Waals surface area (Å²) in [5.41, 5.74) is 3.48. The van der Waals surface area contributed by atoms with E-state index in [2.05, 4.69) is 35.1 Å². The number of allylic oxidation sites excluding steroid dienone is 3. The van der Waals surface area contributed by atoms with Gasteiger partial charge in [-0.05, 0) is 62.1 Å². The molecule has 0 aromatic heterocycles. The van der Waals surface area contributed by atoms with Gasteiger partial charge in [0.25, 0.3) is 0 Å². The summed E-state index contributed by atoms with van der Waals surface area (Å²) in [5, 5.41) is 3.40. The molecule has 6 nitrogen and oxygen atoms in total. The lowest BCUT2D eigenvalue weighted by atomic mass is 9.68. The van der Waals surface area contributed by atoms with Crippen molar-refractivity contribution in [2.75, 3.05) is 6.79 Å². The number of fused-ring (bicyclic) bond motifs is 1. The number of benzene rings is 1. The molecule has 2 aliphatic heterocycles. The summed E-state index contributed by atoms with van der Waals surface area (Å²) in [6, 6.07) is 3.74. The van der Waals surface area contributed by atoms with Gasteiger partial charge in [0.05, 0.1) is 5.57 Å². The Bertz CT molecular complexity index is 1060. The van der Waals surface area contributed by atoms with E-state index >= 15 is 0 Å². The van der Waals surface area contributed by atoms with Crippen molar-refractivity contribution < 1.29 is 23.8 Å². The predicted octanol–water partition coefficient (Wildman–Crippen LogP) is 5.27. The first kappa shape index (κ1) is 21.6. The number of dihydropyridines is 1. The smallest absolute Gasteiger partial charge is 0.337 e. The minimum absolute atomic E-state index is 0.0555. The SMILES string of the molecule is CC1=C(C(=O)OC2CCCC2)[C@H](c2cc3c(cc2Br)OCO3)C2=C(CC(C)(C)CC2=O)N1. The van der Waals surface area contributed by atoms with E-state index in [1.807, 2.05) is 19.1 Å². The van der Waals surface area contributed by atoms with Crippen LogP contribution in [0.15, 0.2) is 39.1 Å². The summed E-state index contributed by atoms with van der Waals surface area (Å²) in [6.07, 6.45) is 5.07. The second kappa shape index (κ2) is 7.94. The fraction of sp³-hybridized carbons (Fsp3) is 0.520. The van der Waals surface area contributed by atoms with Gasteiger partial charge in [-0.25, -0.2) is 4.79 Å². The quantitative estimate of drug-likeness (QED) is 0.568. The summed E-state index contributed by atoms with van der Waals surface area (Å²) in [4.78, 5) is 26.9. The molecule has 1 aromatic carbocycles. The minimum Gasteiger partial charge on any atom is -0.459 e. The lowest BCUT2D eigenvalue weighted by Gasteiger charge is -2.39. The number of rotatable bonds is 3. The fourth-order valence-electron chi connectivity index (χ4n) is 5.39. The van der Waals surface area contributed by atoms with Crippen LogP contribution < -0.4 is 14.8 Å². The second-order valence-electron chi connectivity index (χ2n) is 9.97. The van der Waals surface area contributed by atoms with Crippen molar-refractivity contribution in [2.24, 2.45) is 5.41 Å². The monoisotopic (exact) mass is 501 g/mol. The largest absolute Gasteiger partial charge is 0.459 e. The number of carbonyl (C=O) groups is 2. The molecule has 7 heteroatoms. The topological polar surface area (TPSA) is 73.9 Å². The van der Waals surface area contributed by atoms with E-state index < -0.39 is 5.92 Å². The minimum atomic E-state index is -0.521. The van der Waals surface area contributed by atoms with Crippen molar-refractivity contribution in [3.8, 4) is 11.5 Å². The van der Waals surface area contributed by atoms with Gasteiger partial charge in [0.2, 0.25) is 6.79 Å². The lowest BCUT2D eigenvalue weighted by Crippen LogP contribution is -2.39. The number of ketones is 1. The summed E-state index contributed by atoms with van der Waals surface area (Å²) in [5.74, 6) is 0.467. The summed E-state index contributed by atoms with van der Waals surface area (Å²) >= 11 is 3.66. The molecule has 0 amide bonds. The van der Waals surface area contributed by atoms with Crippen molar-refractivity contribution in [3.63, 3.8) is 0 Å². The molecule has 0 unspecified atom stereocenters. The lowest BCUT2D eigenvalue weighted by molar-refractivity contribution is -0.144. The van der Waals surface area contributed by atoms with E-state index in [0.29, 0.717) is 29.1 Å². The molecule has 32 heavy (non-hydrogen) atoms. The van der Waals surface area contributed by atoms with Crippen molar-refractivity contribution in [3.05, 3.63) is 44.7 Å². The van der Waals surface area contributed by atoms with Gasteiger partial charge in [0, 0.05) is 33.8 Å². The van der Waals surface area contributed by atoms with Gasteiger partial charge >= 0.3 is 5.97 Å². The number of ether oxygens (including phenoxy) is 3. The van der Waals surface area contributed by atoms with Crippen LogP contribution in [0.5, 0.6) is 11.5 Å². The van der Waals surface area contributed by atoms with Crippen LogP contribution >= 0.6 is 15.9 Å². The van der Waals surface area contributed by atoms with Crippen molar-refractivity contribution >= 4 is 27.7 Å². The number of esters is 1. The van der Waals surface area contributed by atoms with E-state index in [-0.39, 0.29) is 30.1 Å². The van der Waals surface area contributed by atoms with Crippen LogP contribution in [0.4, 0.5) is 0 Å². The normalized spacial score (nSPS) is 24.5. The zero-order valence-electron chi connectivity index (χ0n) is 18.7. The van der Waals surface area contributed by atoms with Gasteiger partial charge < -0.3 is 19.5 Å². The summed E-state index contributed by atoms with van der Waals surface area (Å²) in [6.45, 7) is 6.26. The Morgan fingerprint density at radius 2 is 1.84 bits per heavy atom. The zero-order valence-corrected chi connectivity index (χ0v) is 20.3. The average Bonchev–Trinajstić information content (AvgIpc) is 3.36. The van der Waals surface area contributed by atoms with Crippen LogP contribution in [0, 0.1) is 5.41 Å². The highest BCUT2D eigenvalue weighted by molar-refractivity contribution is 9.10. The molecule has 2 heterocycles. The third-order valence-electron chi connectivity index (χ3n) is 6.84. The van der Waals surface area contributed by atoms with Crippen molar-refractivity contribution in [1.29, 1.82) is 0 Å². The molecule has 5 rings (SSSR count). The molecule has 1 fully saturated rings. The Labute approximate surface area is 196 Å². The number of nitrogens with one attached hydrogen (secondary N) is 1. The Morgan fingerprint density at radius 1 is 1.16 bits per heavy atom. The third-order valence-corrected chi connectivity index (χ3v) is 7.53. The first-order valence-corrected chi connectivity index (χ1v) is 12.1. The van der Waals surface area contributed by atoms with Gasteiger partial charge in [0.1, 0.15) is 6.10 Å². The Kier molecular flexibility index (Phi) is 5.35. The first-order chi connectivity index (χ1) is 15.2. The number of hydrogen-bond donors (Lipinski definition) is 1. The predicted molar refractivity (Wildman–Crippen MR) is 122 cm³/mol. The van der Waals surface area contributed by atoms with Gasteiger partial charge in [0.15, 0.2) is 17.3 Å². The average molecular weight is 502 g/mol. The first-order valence-electron chi connectivity index (χ1n) is 11.3. The molecule has 1 saturated carbocycles. The highest BCUT2D eigenvalue weighted by Crippen LogP contribution is 2.50. The molecule has 0 spiro atoms. The van der Waals surface area contributed by atoms with Gasteiger partial charge in [-0.3, -0.25) is 4.79 Å². The molecule has 1 aromatic rings. The standard InChI is InChI=1S/C25H28BrNO5/c1-13-21(24(29)32-14-6-4-5-7-14)22(15-8-19-20(9-16(15)26)31-12-30-19)23-17(27-13)10-25(2,3)11-18(23)28/h8-9,14,22,27H,4-7,10-12H2,1-3H3/t22-/m0/s1. The molecule has 170 valence electrons. The van der Waals surface area contributed by atoms with Crippen LogP contribution in [0.3, 0.4) is 0 Å². The molecule has 4 aliphatic rings. The summed E-state index contributed by atoms with van der Waals surface area (Å²) in [7, 11) is 0. The van der Waals surface area contributed by atoms with Crippen LogP contribution in [0.25, 0.3) is 0 Å². The fourth-order valence-corrected chi connectivity index (χ4v) is 5.94. The van der Waals surface area contributed by atoms with Gasteiger partial charge in [-0.1, -0.05) is 29.8 Å². The maximum absolute atomic E-state index is 13.5. The van der Waals surface area contributed by atoms with E-state index in [1.165, 1.54) is 0 Å². The molecular weight excluding hydrogens is 474 g/mol. The molecule has 0 saturated heterocycles. The zero-order chi connectivity index (χ0) is 22.6. The Balaban J connectivity index is 1.63. The molecule has 1 atom stereocenters. The number of hydrogen-bond acceptors (Lipinski definition) is 6. The third kappa shape index (κ3) is 3.74. The van der Waals surface area contributed by atoms with Crippen LogP contribution in [-0.4, -0.2) is 24.6 Å². The van der Waals surface area contributed by atoms with Crippen LogP contribution in [0.1, 0.15) is 70.8 Å². The Hall–Kier alpha value is -2.28. The Morgan fingerprint density at radius 3 is 2.56 bits per heavy atom. The van der Waals surface area contributed by atoms with E-state index in [0.717, 1.165) is 53.5 Å². The number of Topliss-reactive ketones (excluding diaryl/α,β-unsaturated/α-hetero) is 1. The second-order valence-corrected chi connectivity index (χ2v) is 10.8. The van der Waals surface area contributed by atoms with Crippen molar-refractivity contribution in [2.45, 2.75) is 71.3 Å². The number of halogens is 1.